The van der Waals surface area contributed by atoms with Gasteiger partial charge in [-0.25, -0.2) is 4.39 Å². The molecular weight excluding hydrogens is 223 g/mol. The molecule has 1 aromatic rings. The van der Waals surface area contributed by atoms with Crippen molar-refractivity contribution in [1.29, 1.82) is 0 Å². The number of hydrogen-bond donors (Lipinski definition) is 0. The third kappa shape index (κ3) is 2.51. The topological polar surface area (TPSA) is 49.3 Å². The van der Waals surface area contributed by atoms with E-state index in [0.29, 0.717) is 18.8 Å². The van der Waals surface area contributed by atoms with Gasteiger partial charge < -0.3 is 9.80 Å². The van der Waals surface area contributed by atoms with Crippen LogP contribution in [0.25, 0.3) is 0 Å². The number of likely N-dealkylation sites (tertiary alicyclic amines) is 1. The quantitative estimate of drug-likeness (QED) is 0.762. The van der Waals surface area contributed by atoms with Crippen molar-refractivity contribution in [1.82, 2.24) is 15.1 Å². The molecular formula is C11H15FN4O. The third-order valence-electron chi connectivity index (χ3n) is 2.75. The van der Waals surface area contributed by atoms with Crippen molar-refractivity contribution in [3.63, 3.8) is 0 Å². The number of halogens is 1. The molecule has 1 amide bonds. The van der Waals surface area contributed by atoms with Crippen LogP contribution in [0, 0.1) is 0 Å². The SMILES string of the molecule is CN(C)c1ccc(C(=O)N2CCC(F)C2)nn1. The summed E-state index contributed by atoms with van der Waals surface area (Å²) in [4.78, 5) is 15.2. The van der Waals surface area contributed by atoms with Crippen LogP contribution >= 0.6 is 0 Å². The van der Waals surface area contributed by atoms with E-state index in [-0.39, 0.29) is 18.1 Å². The van der Waals surface area contributed by atoms with Crippen molar-refractivity contribution in [2.24, 2.45) is 0 Å². The minimum Gasteiger partial charge on any atom is -0.361 e. The highest BCUT2D eigenvalue weighted by atomic mass is 19.1. The number of rotatable bonds is 2. The zero-order chi connectivity index (χ0) is 12.4. The average Bonchev–Trinajstić information content (AvgIpc) is 2.75. The van der Waals surface area contributed by atoms with E-state index in [1.165, 1.54) is 4.90 Å². The summed E-state index contributed by atoms with van der Waals surface area (Å²) < 4.78 is 13.0. The van der Waals surface area contributed by atoms with Crippen LogP contribution in [0.4, 0.5) is 10.2 Å². The lowest BCUT2D eigenvalue weighted by Crippen LogP contribution is -2.30. The highest BCUT2D eigenvalue weighted by molar-refractivity contribution is 5.92. The van der Waals surface area contributed by atoms with Crippen LogP contribution < -0.4 is 4.90 Å². The minimum absolute atomic E-state index is 0.163. The largest absolute Gasteiger partial charge is 0.361 e. The molecule has 1 fully saturated rings. The van der Waals surface area contributed by atoms with Crippen molar-refractivity contribution in [3.05, 3.63) is 17.8 Å². The second kappa shape index (κ2) is 4.65. The molecule has 0 N–H and O–H groups in total. The van der Waals surface area contributed by atoms with E-state index in [9.17, 15) is 9.18 Å². The predicted molar refractivity (Wildman–Crippen MR) is 61.8 cm³/mol. The van der Waals surface area contributed by atoms with Gasteiger partial charge in [0.25, 0.3) is 5.91 Å². The number of anilines is 1. The molecule has 0 saturated carbocycles. The number of aromatic nitrogens is 2. The monoisotopic (exact) mass is 238 g/mol. The molecule has 1 aliphatic rings. The van der Waals surface area contributed by atoms with Crippen molar-refractivity contribution in [2.45, 2.75) is 12.6 Å². The fourth-order valence-corrected chi connectivity index (χ4v) is 1.74. The molecule has 0 bridgehead atoms. The van der Waals surface area contributed by atoms with Gasteiger partial charge in [0.05, 0.1) is 6.54 Å². The lowest BCUT2D eigenvalue weighted by Gasteiger charge is -2.15. The maximum Gasteiger partial charge on any atom is 0.274 e. The summed E-state index contributed by atoms with van der Waals surface area (Å²) in [5.41, 5.74) is 0.268. The number of carbonyl (C=O) groups excluding carboxylic acids is 1. The maximum absolute atomic E-state index is 13.0. The molecule has 0 radical (unpaired) electrons. The van der Waals surface area contributed by atoms with E-state index in [4.69, 9.17) is 0 Å². The number of hydrogen-bond acceptors (Lipinski definition) is 4. The zero-order valence-corrected chi connectivity index (χ0v) is 9.93. The second-order valence-corrected chi connectivity index (χ2v) is 4.31. The second-order valence-electron chi connectivity index (χ2n) is 4.31. The maximum atomic E-state index is 13.0. The van der Waals surface area contributed by atoms with E-state index >= 15 is 0 Å². The van der Waals surface area contributed by atoms with E-state index in [2.05, 4.69) is 10.2 Å². The Balaban J connectivity index is 2.09. The van der Waals surface area contributed by atoms with Gasteiger partial charge >= 0.3 is 0 Å². The summed E-state index contributed by atoms with van der Waals surface area (Å²) in [5.74, 6) is 0.439. The summed E-state index contributed by atoms with van der Waals surface area (Å²) >= 11 is 0. The normalized spacial score (nSPS) is 19.5. The first-order chi connectivity index (χ1) is 8.08. The van der Waals surface area contributed by atoms with Crippen LogP contribution in [0.5, 0.6) is 0 Å². The van der Waals surface area contributed by atoms with Crippen molar-refractivity contribution in [2.75, 3.05) is 32.1 Å². The Bertz CT molecular complexity index is 406. The molecule has 1 aromatic heterocycles. The number of amides is 1. The van der Waals surface area contributed by atoms with Gasteiger partial charge in [0.1, 0.15) is 6.17 Å². The van der Waals surface area contributed by atoms with Crippen LogP contribution in [0.1, 0.15) is 16.9 Å². The van der Waals surface area contributed by atoms with Gasteiger partial charge in [0.2, 0.25) is 0 Å². The molecule has 92 valence electrons. The number of carbonyl (C=O) groups is 1. The average molecular weight is 238 g/mol. The Kier molecular flexibility index (Phi) is 3.21. The van der Waals surface area contributed by atoms with E-state index in [1.54, 1.807) is 17.0 Å². The van der Waals surface area contributed by atoms with Crippen LogP contribution in [0.2, 0.25) is 0 Å². The molecule has 2 heterocycles. The summed E-state index contributed by atoms with van der Waals surface area (Å²) in [6.07, 6.45) is -0.498. The smallest absolute Gasteiger partial charge is 0.274 e. The molecule has 1 unspecified atom stereocenters. The van der Waals surface area contributed by atoms with Gasteiger partial charge in [0, 0.05) is 20.6 Å². The van der Waals surface area contributed by atoms with Gasteiger partial charge in [-0.3, -0.25) is 4.79 Å². The Morgan fingerprint density at radius 1 is 1.47 bits per heavy atom. The van der Waals surface area contributed by atoms with Gasteiger partial charge in [-0.05, 0) is 18.6 Å². The first-order valence-electron chi connectivity index (χ1n) is 5.52. The minimum atomic E-state index is -0.909. The molecule has 1 aliphatic heterocycles. The highest BCUT2D eigenvalue weighted by Crippen LogP contribution is 2.15. The summed E-state index contributed by atoms with van der Waals surface area (Å²) in [6.45, 7) is 0.618. The van der Waals surface area contributed by atoms with Crippen LogP contribution in [0.15, 0.2) is 12.1 Å². The lowest BCUT2D eigenvalue weighted by atomic mass is 10.3. The van der Waals surface area contributed by atoms with Crippen LogP contribution in [0.3, 0.4) is 0 Å². The number of alkyl halides is 1. The molecule has 0 aliphatic carbocycles. The van der Waals surface area contributed by atoms with Crippen molar-refractivity contribution < 1.29 is 9.18 Å². The molecule has 0 spiro atoms. The molecule has 1 saturated heterocycles. The molecule has 5 nitrogen and oxygen atoms in total. The highest BCUT2D eigenvalue weighted by Gasteiger charge is 2.27. The van der Waals surface area contributed by atoms with Crippen molar-refractivity contribution >= 4 is 11.7 Å². The molecule has 0 aromatic carbocycles. The lowest BCUT2D eigenvalue weighted by molar-refractivity contribution is 0.0776. The standard InChI is InChI=1S/C11H15FN4O/c1-15(2)10-4-3-9(13-14-10)11(17)16-6-5-8(12)7-16/h3-4,8H,5-7H2,1-2H3. The zero-order valence-electron chi connectivity index (χ0n) is 9.93. The van der Waals surface area contributed by atoms with E-state index in [0.717, 1.165) is 0 Å². The molecule has 6 heteroatoms. The Morgan fingerprint density at radius 2 is 2.24 bits per heavy atom. The molecule has 17 heavy (non-hydrogen) atoms. The Morgan fingerprint density at radius 3 is 2.71 bits per heavy atom. The summed E-state index contributed by atoms with van der Waals surface area (Å²) in [5, 5.41) is 7.79. The van der Waals surface area contributed by atoms with E-state index < -0.39 is 6.17 Å². The van der Waals surface area contributed by atoms with Crippen LogP contribution in [-0.2, 0) is 0 Å². The van der Waals surface area contributed by atoms with Gasteiger partial charge in [-0.15, -0.1) is 10.2 Å². The fourth-order valence-electron chi connectivity index (χ4n) is 1.74. The molecule has 1 atom stereocenters. The van der Waals surface area contributed by atoms with Crippen LogP contribution in [-0.4, -0.2) is 54.4 Å². The van der Waals surface area contributed by atoms with Gasteiger partial charge in [-0.2, -0.15) is 0 Å². The fraction of sp³-hybridized carbons (Fsp3) is 0.545. The van der Waals surface area contributed by atoms with Crippen molar-refractivity contribution in [3.8, 4) is 0 Å². The predicted octanol–water partition coefficient (Wildman–Crippen LogP) is 0.727. The third-order valence-corrected chi connectivity index (χ3v) is 2.75. The Labute approximate surface area is 99.2 Å². The summed E-state index contributed by atoms with van der Waals surface area (Å²) in [6, 6.07) is 3.35. The first kappa shape index (κ1) is 11.8. The number of nitrogens with zero attached hydrogens (tertiary/aromatic N) is 4. The Hall–Kier alpha value is -1.72. The molecule has 2 rings (SSSR count). The van der Waals surface area contributed by atoms with Gasteiger partial charge in [-0.1, -0.05) is 0 Å². The first-order valence-corrected chi connectivity index (χ1v) is 5.52. The van der Waals surface area contributed by atoms with E-state index in [1.807, 2.05) is 14.1 Å². The van der Waals surface area contributed by atoms with Gasteiger partial charge in [0.15, 0.2) is 11.5 Å². The summed E-state index contributed by atoms with van der Waals surface area (Å²) in [7, 11) is 3.69.